The summed E-state index contributed by atoms with van der Waals surface area (Å²) in [4.78, 5) is 4.21. The molecule has 2 aromatic rings. The van der Waals surface area contributed by atoms with E-state index in [9.17, 15) is 0 Å². The van der Waals surface area contributed by atoms with E-state index < -0.39 is 0 Å². The maximum Gasteiger partial charge on any atom is 0.146 e. The molecule has 0 fully saturated rings. The van der Waals surface area contributed by atoms with Gasteiger partial charge in [-0.3, -0.25) is 4.98 Å². The molecule has 0 amide bonds. The van der Waals surface area contributed by atoms with Crippen LogP contribution in [0, 0.1) is 6.92 Å². The highest BCUT2D eigenvalue weighted by Gasteiger charge is 2.03. The fourth-order valence-corrected chi connectivity index (χ4v) is 2.22. The Morgan fingerprint density at radius 2 is 2.11 bits per heavy atom. The number of hydrogen-bond donors (Lipinski definition) is 1. The number of nitrogens with one attached hydrogen (secondary N) is 1. The molecule has 2 rings (SSSR count). The summed E-state index contributed by atoms with van der Waals surface area (Å²) in [5.41, 5.74) is 2.21. The lowest BCUT2D eigenvalue weighted by atomic mass is 10.2. The van der Waals surface area contributed by atoms with E-state index in [1.807, 2.05) is 37.4 Å². The average Bonchev–Trinajstić information content (AvgIpc) is 2.40. The third kappa shape index (κ3) is 4.04. The number of aromatic nitrogens is 1. The second-order valence-corrected chi connectivity index (χ2v) is 5.24. The fraction of sp³-hybridized carbons (Fsp3) is 0.267. The molecule has 0 aliphatic heterocycles. The van der Waals surface area contributed by atoms with Gasteiger partial charge in [0.1, 0.15) is 11.5 Å². The van der Waals surface area contributed by atoms with E-state index in [1.54, 1.807) is 6.20 Å². The molecule has 0 unspecified atom stereocenters. The maximum atomic E-state index is 5.87. The van der Waals surface area contributed by atoms with Crippen LogP contribution in [0.1, 0.15) is 18.1 Å². The van der Waals surface area contributed by atoms with Crippen molar-refractivity contribution >= 4 is 15.9 Å². The van der Waals surface area contributed by atoms with Gasteiger partial charge in [0, 0.05) is 17.2 Å². The Bertz CT molecular complexity index is 558. The molecule has 0 bridgehead atoms. The Morgan fingerprint density at radius 1 is 1.26 bits per heavy atom. The summed E-state index contributed by atoms with van der Waals surface area (Å²) in [5.74, 6) is 1.62. The summed E-state index contributed by atoms with van der Waals surface area (Å²) in [6, 6.07) is 7.97. The molecule has 0 aliphatic rings. The molecule has 0 saturated carbocycles. The van der Waals surface area contributed by atoms with Crippen LogP contribution < -0.4 is 10.1 Å². The molecule has 0 aliphatic carbocycles. The zero-order valence-electron chi connectivity index (χ0n) is 11.1. The highest BCUT2D eigenvalue weighted by atomic mass is 79.9. The van der Waals surface area contributed by atoms with Gasteiger partial charge in [-0.2, -0.15) is 0 Å². The van der Waals surface area contributed by atoms with Gasteiger partial charge in [-0.1, -0.05) is 22.9 Å². The third-order valence-electron chi connectivity index (χ3n) is 2.71. The predicted molar refractivity (Wildman–Crippen MR) is 80.6 cm³/mol. The SMILES string of the molecule is CCNCc1cncc(Oc2ccc(Br)cc2C)c1. The predicted octanol–water partition coefficient (Wildman–Crippen LogP) is 4.05. The minimum absolute atomic E-state index is 0.765. The van der Waals surface area contributed by atoms with Crippen LogP contribution in [0.3, 0.4) is 0 Å². The second-order valence-electron chi connectivity index (χ2n) is 4.32. The number of nitrogens with zero attached hydrogens (tertiary/aromatic N) is 1. The first kappa shape index (κ1) is 14.0. The molecule has 1 aromatic heterocycles. The Morgan fingerprint density at radius 3 is 2.84 bits per heavy atom. The monoisotopic (exact) mass is 320 g/mol. The lowest BCUT2D eigenvalue weighted by Crippen LogP contribution is -2.11. The third-order valence-corrected chi connectivity index (χ3v) is 3.21. The van der Waals surface area contributed by atoms with Gasteiger partial charge in [-0.15, -0.1) is 0 Å². The minimum atomic E-state index is 0.765. The number of pyridine rings is 1. The van der Waals surface area contributed by atoms with Crippen molar-refractivity contribution < 1.29 is 4.74 Å². The first-order valence-electron chi connectivity index (χ1n) is 6.27. The summed E-state index contributed by atoms with van der Waals surface area (Å²) in [6.07, 6.45) is 3.58. The number of aryl methyl sites for hydroxylation is 1. The van der Waals surface area contributed by atoms with Crippen molar-refractivity contribution in [1.29, 1.82) is 0 Å². The van der Waals surface area contributed by atoms with Gasteiger partial charge in [-0.05, 0) is 48.9 Å². The summed E-state index contributed by atoms with van der Waals surface area (Å²) < 4.78 is 6.93. The van der Waals surface area contributed by atoms with Crippen molar-refractivity contribution in [1.82, 2.24) is 10.3 Å². The molecule has 0 spiro atoms. The van der Waals surface area contributed by atoms with Crippen molar-refractivity contribution in [3.8, 4) is 11.5 Å². The van der Waals surface area contributed by atoms with E-state index in [1.165, 1.54) is 0 Å². The van der Waals surface area contributed by atoms with E-state index in [4.69, 9.17) is 4.74 Å². The summed E-state index contributed by atoms with van der Waals surface area (Å²) >= 11 is 3.45. The van der Waals surface area contributed by atoms with E-state index in [0.717, 1.165) is 40.2 Å². The number of rotatable bonds is 5. The smallest absolute Gasteiger partial charge is 0.146 e. The number of halogens is 1. The summed E-state index contributed by atoms with van der Waals surface area (Å²) in [5, 5.41) is 3.27. The maximum absolute atomic E-state index is 5.87. The van der Waals surface area contributed by atoms with Gasteiger partial charge in [0.15, 0.2) is 0 Å². The topological polar surface area (TPSA) is 34.2 Å². The average molecular weight is 321 g/mol. The normalized spacial score (nSPS) is 10.5. The van der Waals surface area contributed by atoms with Gasteiger partial charge in [0.05, 0.1) is 6.20 Å². The van der Waals surface area contributed by atoms with E-state index in [0.29, 0.717) is 0 Å². The molecule has 1 N–H and O–H groups in total. The molecule has 100 valence electrons. The van der Waals surface area contributed by atoms with Gasteiger partial charge in [0.25, 0.3) is 0 Å². The quantitative estimate of drug-likeness (QED) is 0.902. The minimum Gasteiger partial charge on any atom is -0.455 e. The first-order chi connectivity index (χ1) is 9.19. The summed E-state index contributed by atoms with van der Waals surface area (Å²) in [7, 11) is 0. The van der Waals surface area contributed by atoms with Crippen LogP contribution in [-0.4, -0.2) is 11.5 Å². The lowest BCUT2D eigenvalue weighted by Gasteiger charge is -2.10. The van der Waals surface area contributed by atoms with Crippen molar-refractivity contribution in [2.24, 2.45) is 0 Å². The van der Waals surface area contributed by atoms with Crippen molar-refractivity contribution in [2.75, 3.05) is 6.54 Å². The van der Waals surface area contributed by atoms with E-state index in [-0.39, 0.29) is 0 Å². The molecule has 0 radical (unpaired) electrons. The Kier molecular flexibility index (Phi) is 4.93. The molecule has 0 atom stereocenters. The highest BCUT2D eigenvalue weighted by molar-refractivity contribution is 9.10. The summed E-state index contributed by atoms with van der Waals surface area (Å²) in [6.45, 7) is 5.85. The van der Waals surface area contributed by atoms with Gasteiger partial charge in [0.2, 0.25) is 0 Å². The van der Waals surface area contributed by atoms with Crippen molar-refractivity contribution in [2.45, 2.75) is 20.4 Å². The van der Waals surface area contributed by atoms with Crippen molar-refractivity contribution in [3.05, 3.63) is 52.3 Å². The van der Waals surface area contributed by atoms with Crippen molar-refractivity contribution in [3.63, 3.8) is 0 Å². The Hall–Kier alpha value is -1.39. The first-order valence-corrected chi connectivity index (χ1v) is 7.07. The standard InChI is InChI=1S/C15H17BrN2O/c1-3-17-8-12-7-14(10-18-9-12)19-15-5-4-13(16)6-11(15)2/h4-7,9-10,17H,3,8H2,1-2H3. The van der Waals surface area contributed by atoms with Crippen LogP contribution >= 0.6 is 15.9 Å². The molecule has 0 saturated heterocycles. The van der Waals surface area contributed by atoms with Gasteiger partial charge < -0.3 is 10.1 Å². The van der Waals surface area contributed by atoms with Crippen LogP contribution in [-0.2, 0) is 6.54 Å². The zero-order valence-corrected chi connectivity index (χ0v) is 12.7. The highest BCUT2D eigenvalue weighted by Crippen LogP contribution is 2.27. The second kappa shape index (κ2) is 6.68. The largest absolute Gasteiger partial charge is 0.455 e. The molecular weight excluding hydrogens is 304 g/mol. The van der Waals surface area contributed by atoms with E-state index >= 15 is 0 Å². The lowest BCUT2D eigenvalue weighted by molar-refractivity contribution is 0.475. The molecule has 3 nitrogen and oxygen atoms in total. The van der Waals surface area contributed by atoms with Crippen LogP contribution in [0.2, 0.25) is 0 Å². The molecule has 1 aromatic carbocycles. The van der Waals surface area contributed by atoms with Crippen LogP contribution in [0.5, 0.6) is 11.5 Å². The van der Waals surface area contributed by atoms with Gasteiger partial charge in [-0.25, -0.2) is 0 Å². The number of benzene rings is 1. The Balaban J connectivity index is 2.14. The molecular formula is C15H17BrN2O. The molecule has 1 heterocycles. The van der Waals surface area contributed by atoms with Gasteiger partial charge >= 0.3 is 0 Å². The number of ether oxygens (including phenoxy) is 1. The number of hydrogen-bond acceptors (Lipinski definition) is 3. The zero-order chi connectivity index (χ0) is 13.7. The molecule has 4 heteroatoms. The van der Waals surface area contributed by atoms with Crippen LogP contribution in [0.25, 0.3) is 0 Å². The molecule has 19 heavy (non-hydrogen) atoms. The van der Waals surface area contributed by atoms with Crippen LogP contribution in [0.4, 0.5) is 0 Å². The Labute approximate surface area is 122 Å². The fourth-order valence-electron chi connectivity index (χ4n) is 1.74. The van der Waals surface area contributed by atoms with Crippen LogP contribution in [0.15, 0.2) is 41.1 Å². The van der Waals surface area contributed by atoms with E-state index in [2.05, 4.69) is 33.2 Å².